The Morgan fingerprint density at radius 1 is 1.62 bits per heavy atom. The monoisotopic (exact) mass is 181 g/mol. The highest BCUT2D eigenvalue weighted by Gasteiger charge is 2.25. The average molecular weight is 181 g/mol. The summed E-state index contributed by atoms with van der Waals surface area (Å²) >= 11 is 0. The van der Waals surface area contributed by atoms with Crippen LogP contribution in [-0.4, -0.2) is 23.2 Å². The van der Waals surface area contributed by atoms with Crippen molar-refractivity contribution in [1.29, 1.82) is 0 Å². The lowest BCUT2D eigenvalue weighted by atomic mass is 10.0. The maximum absolute atomic E-state index is 5.19. The normalized spacial score (nSPS) is 19.8. The Labute approximate surface area is 77.7 Å². The molecule has 1 aromatic heterocycles. The highest BCUT2D eigenvalue weighted by atomic mass is 16.5. The molecule has 0 aromatic carbocycles. The molecule has 1 N–H and O–H groups in total. The molecule has 1 aromatic rings. The van der Waals surface area contributed by atoms with Crippen molar-refractivity contribution in [1.82, 2.24) is 15.5 Å². The van der Waals surface area contributed by atoms with Crippen LogP contribution in [0.15, 0.2) is 4.52 Å². The largest absolute Gasteiger partial charge is 0.339 e. The van der Waals surface area contributed by atoms with Crippen LogP contribution < -0.4 is 5.32 Å². The quantitative estimate of drug-likeness (QED) is 0.763. The van der Waals surface area contributed by atoms with E-state index in [0.29, 0.717) is 11.8 Å². The van der Waals surface area contributed by atoms with Crippen molar-refractivity contribution in [3.63, 3.8) is 0 Å². The van der Waals surface area contributed by atoms with Crippen LogP contribution in [0.5, 0.6) is 0 Å². The number of hydrogen-bond donors (Lipinski definition) is 1. The molecule has 0 saturated carbocycles. The summed E-state index contributed by atoms with van der Waals surface area (Å²) < 4.78 is 5.19. The molecule has 0 amide bonds. The molecule has 72 valence electrons. The molecule has 2 heterocycles. The summed E-state index contributed by atoms with van der Waals surface area (Å²) in [6.45, 7) is 6.20. The Bertz CT molecular complexity index is 261. The summed E-state index contributed by atoms with van der Waals surface area (Å²) in [6, 6.07) is 0. The lowest BCUT2D eigenvalue weighted by molar-refractivity contribution is 0.341. The van der Waals surface area contributed by atoms with Gasteiger partial charge in [-0.2, -0.15) is 4.98 Å². The van der Waals surface area contributed by atoms with Gasteiger partial charge in [0.05, 0.1) is 0 Å². The van der Waals surface area contributed by atoms with Gasteiger partial charge in [0.2, 0.25) is 5.89 Å². The van der Waals surface area contributed by atoms with Crippen LogP contribution in [0.1, 0.15) is 43.8 Å². The molecule has 1 aliphatic rings. The molecule has 4 heteroatoms. The summed E-state index contributed by atoms with van der Waals surface area (Å²) in [7, 11) is 0. The number of hydrogen-bond acceptors (Lipinski definition) is 4. The summed E-state index contributed by atoms with van der Waals surface area (Å²) in [6.07, 6.45) is 1.05. The van der Waals surface area contributed by atoms with E-state index in [9.17, 15) is 0 Å². The highest BCUT2D eigenvalue weighted by molar-refractivity contribution is 5.03. The van der Waals surface area contributed by atoms with Crippen molar-refractivity contribution in [2.24, 2.45) is 0 Å². The van der Waals surface area contributed by atoms with Gasteiger partial charge < -0.3 is 9.84 Å². The Balaban J connectivity index is 2.08. The molecule has 1 saturated heterocycles. The summed E-state index contributed by atoms with van der Waals surface area (Å²) in [5.41, 5.74) is 0. The van der Waals surface area contributed by atoms with E-state index in [1.54, 1.807) is 0 Å². The van der Waals surface area contributed by atoms with Gasteiger partial charge in [-0.25, -0.2) is 0 Å². The van der Waals surface area contributed by atoms with Gasteiger partial charge >= 0.3 is 0 Å². The summed E-state index contributed by atoms with van der Waals surface area (Å²) in [4.78, 5) is 4.39. The first-order valence-corrected chi connectivity index (χ1v) is 4.85. The molecule has 1 unspecified atom stereocenters. The fourth-order valence-electron chi connectivity index (χ4n) is 1.26. The average Bonchev–Trinajstić information content (AvgIpc) is 2.49. The van der Waals surface area contributed by atoms with Gasteiger partial charge in [0, 0.05) is 24.9 Å². The Kier molecular flexibility index (Phi) is 2.31. The van der Waals surface area contributed by atoms with Gasteiger partial charge in [0.15, 0.2) is 5.82 Å². The van der Waals surface area contributed by atoms with Crippen LogP contribution >= 0.6 is 0 Å². The second-order valence-corrected chi connectivity index (χ2v) is 3.66. The van der Waals surface area contributed by atoms with Crippen LogP contribution in [0, 0.1) is 0 Å². The highest BCUT2D eigenvalue weighted by Crippen LogP contribution is 2.21. The van der Waals surface area contributed by atoms with E-state index in [1.807, 2.05) is 0 Å². The standard InChI is InChI=1S/C9H15N3O/c1-3-6(2)9-11-8(12-13-9)7-4-10-5-7/h6-7,10H,3-5H2,1-2H3. The maximum Gasteiger partial charge on any atom is 0.229 e. The fourth-order valence-corrected chi connectivity index (χ4v) is 1.26. The summed E-state index contributed by atoms with van der Waals surface area (Å²) in [5, 5.41) is 7.17. The zero-order valence-corrected chi connectivity index (χ0v) is 8.08. The van der Waals surface area contributed by atoms with Crippen LogP contribution in [0.2, 0.25) is 0 Å². The summed E-state index contributed by atoms with van der Waals surface area (Å²) in [5.74, 6) is 2.51. The number of nitrogens with one attached hydrogen (secondary N) is 1. The minimum atomic E-state index is 0.384. The molecule has 2 rings (SSSR count). The molecule has 1 fully saturated rings. The second kappa shape index (κ2) is 3.46. The first-order valence-electron chi connectivity index (χ1n) is 4.85. The number of aromatic nitrogens is 2. The molecule has 0 aliphatic carbocycles. The lowest BCUT2D eigenvalue weighted by Crippen LogP contribution is -2.40. The van der Waals surface area contributed by atoms with Gasteiger partial charge in [-0.05, 0) is 6.42 Å². The SMILES string of the molecule is CCC(C)c1nc(C2CNC2)no1. The molecule has 0 bridgehead atoms. The third-order valence-corrected chi connectivity index (χ3v) is 2.64. The zero-order chi connectivity index (χ0) is 9.26. The number of nitrogens with zero attached hydrogens (tertiary/aromatic N) is 2. The predicted octanol–water partition coefficient (Wildman–Crippen LogP) is 1.27. The van der Waals surface area contributed by atoms with Gasteiger partial charge in [-0.3, -0.25) is 0 Å². The molecule has 1 aliphatic heterocycles. The van der Waals surface area contributed by atoms with Crippen molar-refractivity contribution in [3.8, 4) is 0 Å². The zero-order valence-electron chi connectivity index (χ0n) is 8.08. The second-order valence-electron chi connectivity index (χ2n) is 3.66. The van der Waals surface area contributed by atoms with Gasteiger partial charge in [0.1, 0.15) is 0 Å². The van der Waals surface area contributed by atoms with Crippen molar-refractivity contribution in [2.45, 2.75) is 32.1 Å². The fraction of sp³-hybridized carbons (Fsp3) is 0.778. The van der Waals surface area contributed by atoms with E-state index in [2.05, 4.69) is 29.3 Å². The van der Waals surface area contributed by atoms with Crippen molar-refractivity contribution in [3.05, 3.63) is 11.7 Å². The first kappa shape index (κ1) is 8.69. The third kappa shape index (κ3) is 1.58. The smallest absolute Gasteiger partial charge is 0.229 e. The maximum atomic E-state index is 5.19. The molecule has 0 spiro atoms. The van der Waals surface area contributed by atoms with Crippen molar-refractivity contribution < 1.29 is 4.52 Å². The van der Waals surface area contributed by atoms with E-state index in [1.165, 1.54) is 0 Å². The molecule has 0 radical (unpaired) electrons. The molecular weight excluding hydrogens is 166 g/mol. The number of rotatable bonds is 3. The van der Waals surface area contributed by atoms with E-state index in [-0.39, 0.29) is 0 Å². The van der Waals surface area contributed by atoms with Crippen LogP contribution in [0.25, 0.3) is 0 Å². The van der Waals surface area contributed by atoms with E-state index in [0.717, 1.165) is 31.2 Å². The van der Waals surface area contributed by atoms with Crippen molar-refractivity contribution >= 4 is 0 Å². The Morgan fingerprint density at radius 2 is 2.38 bits per heavy atom. The van der Waals surface area contributed by atoms with Crippen LogP contribution in [-0.2, 0) is 0 Å². The van der Waals surface area contributed by atoms with E-state index < -0.39 is 0 Å². The Hall–Kier alpha value is -0.900. The predicted molar refractivity (Wildman–Crippen MR) is 48.6 cm³/mol. The Morgan fingerprint density at radius 3 is 2.92 bits per heavy atom. The molecule has 13 heavy (non-hydrogen) atoms. The lowest BCUT2D eigenvalue weighted by Gasteiger charge is -2.23. The minimum absolute atomic E-state index is 0.384. The first-order chi connectivity index (χ1) is 6.31. The van der Waals surface area contributed by atoms with Gasteiger partial charge in [-0.15, -0.1) is 0 Å². The third-order valence-electron chi connectivity index (χ3n) is 2.64. The van der Waals surface area contributed by atoms with Gasteiger partial charge in [-0.1, -0.05) is 19.0 Å². The molecular formula is C9H15N3O. The van der Waals surface area contributed by atoms with Gasteiger partial charge in [0.25, 0.3) is 0 Å². The van der Waals surface area contributed by atoms with Crippen molar-refractivity contribution in [2.75, 3.05) is 13.1 Å². The van der Waals surface area contributed by atoms with Crippen LogP contribution in [0.4, 0.5) is 0 Å². The van der Waals surface area contributed by atoms with Crippen LogP contribution in [0.3, 0.4) is 0 Å². The minimum Gasteiger partial charge on any atom is -0.339 e. The topological polar surface area (TPSA) is 51.0 Å². The van der Waals surface area contributed by atoms with E-state index in [4.69, 9.17) is 4.52 Å². The molecule has 4 nitrogen and oxygen atoms in total. The molecule has 1 atom stereocenters. The van der Waals surface area contributed by atoms with E-state index >= 15 is 0 Å².